The molecule has 36 heavy (non-hydrogen) atoms. The molecule has 0 unspecified atom stereocenters. The molecule has 0 spiro atoms. The largest absolute Gasteiger partial charge is 0.493 e. The van der Waals surface area contributed by atoms with Crippen LogP contribution in [0.1, 0.15) is 18.1 Å². The third kappa shape index (κ3) is 5.92. The molecule has 4 rings (SSSR count). The van der Waals surface area contributed by atoms with Crippen LogP contribution in [0, 0.1) is 0 Å². The van der Waals surface area contributed by atoms with Gasteiger partial charge in [0.25, 0.3) is 15.9 Å². The number of amidine groups is 1. The molecule has 0 aliphatic carbocycles. The Morgan fingerprint density at radius 1 is 1.03 bits per heavy atom. The SMILES string of the molecule is CCN1C(=O)/C(=C/c2ccc(OCc3ccccc3)c(OC)c2)S/C1=N/S(=O)(=O)c1ccc(Cl)cc1. The number of halogens is 1. The van der Waals surface area contributed by atoms with Crippen molar-refractivity contribution in [3.05, 3.63) is 93.9 Å². The van der Waals surface area contributed by atoms with E-state index in [1.165, 1.54) is 29.2 Å². The van der Waals surface area contributed by atoms with Crippen LogP contribution in [0.4, 0.5) is 0 Å². The zero-order chi connectivity index (χ0) is 25.7. The quantitative estimate of drug-likeness (QED) is 0.344. The summed E-state index contributed by atoms with van der Waals surface area (Å²) in [4.78, 5) is 14.7. The van der Waals surface area contributed by atoms with Crippen LogP contribution >= 0.6 is 23.4 Å². The highest BCUT2D eigenvalue weighted by Crippen LogP contribution is 2.35. The molecule has 0 saturated carbocycles. The van der Waals surface area contributed by atoms with Gasteiger partial charge in [-0.2, -0.15) is 8.42 Å². The van der Waals surface area contributed by atoms with Gasteiger partial charge in [0.05, 0.1) is 16.9 Å². The molecule has 1 saturated heterocycles. The van der Waals surface area contributed by atoms with E-state index < -0.39 is 10.0 Å². The van der Waals surface area contributed by atoms with Gasteiger partial charge >= 0.3 is 0 Å². The number of hydrogen-bond acceptors (Lipinski definition) is 6. The van der Waals surface area contributed by atoms with Crippen LogP contribution < -0.4 is 9.47 Å². The van der Waals surface area contributed by atoms with Crippen LogP contribution in [0.15, 0.2) is 87.0 Å². The average Bonchev–Trinajstić information content (AvgIpc) is 3.16. The zero-order valence-electron chi connectivity index (χ0n) is 19.5. The number of carbonyl (C=O) groups is 1. The van der Waals surface area contributed by atoms with Crippen LogP contribution in [0.5, 0.6) is 11.5 Å². The summed E-state index contributed by atoms with van der Waals surface area (Å²) in [5.74, 6) is 0.763. The van der Waals surface area contributed by atoms with E-state index in [0.29, 0.717) is 33.6 Å². The Morgan fingerprint density at radius 2 is 1.75 bits per heavy atom. The van der Waals surface area contributed by atoms with Crippen molar-refractivity contribution in [2.45, 2.75) is 18.4 Å². The molecule has 186 valence electrons. The van der Waals surface area contributed by atoms with E-state index in [-0.39, 0.29) is 22.5 Å². The van der Waals surface area contributed by atoms with Crippen LogP contribution in [0.25, 0.3) is 6.08 Å². The number of ether oxygens (including phenoxy) is 2. The van der Waals surface area contributed by atoms with Crippen LogP contribution in [-0.4, -0.2) is 38.0 Å². The summed E-state index contributed by atoms with van der Waals surface area (Å²) in [6.07, 6.45) is 1.68. The number of amides is 1. The Labute approximate surface area is 219 Å². The fourth-order valence-corrected chi connectivity index (χ4v) is 5.77. The third-order valence-corrected chi connectivity index (χ3v) is 7.89. The molecule has 1 aliphatic rings. The number of methoxy groups -OCH3 is 1. The van der Waals surface area contributed by atoms with Gasteiger partial charge in [0, 0.05) is 11.6 Å². The summed E-state index contributed by atoms with van der Waals surface area (Å²) >= 11 is 6.86. The Hall–Kier alpha value is -3.27. The lowest BCUT2D eigenvalue weighted by Gasteiger charge is -2.12. The van der Waals surface area contributed by atoms with E-state index in [9.17, 15) is 13.2 Å². The molecule has 0 radical (unpaired) electrons. The molecule has 1 heterocycles. The van der Waals surface area contributed by atoms with E-state index >= 15 is 0 Å². The van der Waals surface area contributed by atoms with Gasteiger partial charge in [-0.05, 0) is 72.3 Å². The second-order valence-electron chi connectivity index (χ2n) is 7.65. The van der Waals surface area contributed by atoms with Crippen molar-refractivity contribution < 1.29 is 22.7 Å². The Morgan fingerprint density at radius 3 is 2.42 bits per heavy atom. The average molecular weight is 543 g/mol. The van der Waals surface area contributed by atoms with Gasteiger partial charge in [-0.25, -0.2) is 0 Å². The number of benzene rings is 3. The molecule has 10 heteroatoms. The molecular formula is C26H23ClN2O5S2. The summed E-state index contributed by atoms with van der Waals surface area (Å²) < 4.78 is 40.9. The molecule has 7 nitrogen and oxygen atoms in total. The molecular weight excluding hydrogens is 520 g/mol. The maximum Gasteiger partial charge on any atom is 0.284 e. The zero-order valence-corrected chi connectivity index (χ0v) is 21.9. The lowest BCUT2D eigenvalue weighted by molar-refractivity contribution is -0.122. The molecule has 1 amide bonds. The van der Waals surface area contributed by atoms with Crippen LogP contribution in [0.3, 0.4) is 0 Å². The van der Waals surface area contributed by atoms with E-state index in [1.807, 2.05) is 30.3 Å². The predicted octanol–water partition coefficient (Wildman–Crippen LogP) is 5.61. The number of carbonyl (C=O) groups excluding carboxylic acids is 1. The van der Waals surface area contributed by atoms with Crippen LogP contribution in [-0.2, 0) is 21.4 Å². The molecule has 1 aliphatic heterocycles. The highest BCUT2D eigenvalue weighted by atomic mass is 35.5. The van der Waals surface area contributed by atoms with Gasteiger partial charge in [0.15, 0.2) is 16.7 Å². The van der Waals surface area contributed by atoms with E-state index in [4.69, 9.17) is 21.1 Å². The molecule has 1 fully saturated rings. The van der Waals surface area contributed by atoms with E-state index in [1.54, 1.807) is 38.3 Å². The monoisotopic (exact) mass is 542 g/mol. The van der Waals surface area contributed by atoms with Gasteiger partial charge in [-0.1, -0.05) is 48.0 Å². The highest BCUT2D eigenvalue weighted by molar-refractivity contribution is 8.19. The third-order valence-electron chi connectivity index (χ3n) is 5.24. The topological polar surface area (TPSA) is 85.3 Å². The number of hydrogen-bond donors (Lipinski definition) is 0. The number of sulfonamides is 1. The van der Waals surface area contributed by atoms with Crippen molar-refractivity contribution >= 4 is 50.5 Å². The minimum absolute atomic E-state index is 0.00300. The molecule has 0 aromatic heterocycles. The fraction of sp³-hybridized carbons (Fsp3) is 0.154. The van der Waals surface area contributed by atoms with E-state index in [0.717, 1.165) is 17.3 Å². The van der Waals surface area contributed by atoms with Crippen molar-refractivity contribution in [2.75, 3.05) is 13.7 Å². The van der Waals surface area contributed by atoms with Crippen molar-refractivity contribution in [2.24, 2.45) is 4.40 Å². The minimum atomic E-state index is -4.02. The first kappa shape index (κ1) is 25.8. The standard InChI is InChI=1S/C26H23ClN2O5S2/c1-3-29-25(30)24(35-26(29)28-36(31,32)21-12-10-20(27)11-13-21)16-19-9-14-22(23(15-19)33-2)34-17-18-7-5-4-6-8-18/h4-16H,3,17H2,1-2H3/b24-16-,28-26+. The lowest BCUT2D eigenvalue weighted by Crippen LogP contribution is -2.29. The van der Waals surface area contributed by atoms with Crippen LogP contribution in [0.2, 0.25) is 5.02 Å². The number of rotatable bonds is 8. The minimum Gasteiger partial charge on any atom is -0.493 e. The normalized spacial score (nSPS) is 16.1. The number of thioether (sulfide) groups is 1. The first-order chi connectivity index (χ1) is 17.3. The predicted molar refractivity (Wildman–Crippen MR) is 143 cm³/mol. The summed E-state index contributed by atoms with van der Waals surface area (Å²) in [6, 6.07) is 20.8. The second kappa shape index (κ2) is 11.2. The molecule has 3 aromatic carbocycles. The molecule has 0 N–H and O–H groups in total. The summed E-state index contributed by atoms with van der Waals surface area (Å²) in [6.45, 7) is 2.42. The van der Waals surface area contributed by atoms with Crippen molar-refractivity contribution in [3.63, 3.8) is 0 Å². The Bertz CT molecular complexity index is 1420. The molecule has 3 aromatic rings. The van der Waals surface area contributed by atoms with Gasteiger partial charge in [0.2, 0.25) is 0 Å². The number of nitrogens with zero attached hydrogens (tertiary/aromatic N) is 2. The highest BCUT2D eigenvalue weighted by Gasteiger charge is 2.34. The van der Waals surface area contributed by atoms with Gasteiger partial charge in [-0.3, -0.25) is 9.69 Å². The maximum absolute atomic E-state index is 13.0. The Kier molecular flexibility index (Phi) is 8.03. The summed E-state index contributed by atoms with van der Waals surface area (Å²) in [5.41, 5.74) is 1.73. The van der Waals surface area contributed by atoms with Gasteiger partial charge < -0.3 is 9.47 Å². The van der Waals surface area contributed by atoms with E-state index in [2.05, 4.69) is 4.40 Å². The molecule has 0 atom stereocenters. The van der Waals surface area contributed by atoms with Crippen molar-refractivity contribution in [3.8, 4) is 11.5 Å². The smallest absolute Gasteiger partial charge is 0.284 e. The first-order valence-electron chi connectivity index (χ1n) is 11.0. The number of likely N-dealkylation sites (N-methyl/N-ethyl adjacent to an activating group) is 1. The van der Waals surface area contributed by atoms with Crippen molar-refractivity contribution in [1.82, 2.24) is 4.90 Å². The first-order valence-corrected chi connectivity index (χ1v) is 13.6. The Balaban J connectivity index is 1.57. The fourth-order valence-electron chi connectivity index (χ4n) is 3.40. The molecule has 0 bridgehead atoms. The summed E-state index contributed by atoms with van der Waals surface area (Å²) in [5, 5.41) is 0.512. The second-order valence-corrected chi connectivity index (χ2v) is 10.7. The summed E-state index contributed by atoms with van der Waals surface area (Å²) in [7, 11) is -2.47. The van der Waals surface area contributed by atoms with Crippen molar-refractivity contribution in [1.29, 1.82) is 0 Å². The van der Waals surface area contributed by atoms with Gasteiger partial charge in [-0.15, -0.1) is 4.40 Å². The van der Waals surface area contributed by atoms with Gasteiger partial charge in [0.1, 0.15) is 6.61 Å². The lowest BCUT2D eigenvalue weighted by atomic mass is 10.1. The maximum atomic E-state index is 13.0.